The molecule has 0 fully saturated rings. The second-order valence-corrected chi connectivity index (χ2v) is 0.779. The molecule has 0 aromatic rings. The molecule has 0 saturated carbocycles. The van der Waals surface area contributed by atoms with Crippen molar-refractivity contribution in [1.82, 2.24) is 0 Å². The Hall–Kier alpha value is 4.34. The first kappa shape index (κ1) is 16.7. The van der Waals surface area contributed by atoms with Crippen molar-refractivity contribution in [2.45, 2.75) is 0 Å². The predicted molar refractivity (Wildman–Crippen MR) is 0.686 cm³/mol. The molecule has 0 aromatic carbocycles. The minimum absolute atomic E-state index is 0. The Balaban J connectivity index is -0.0000000450. The second-order valence-electron chi connectivity index (χ2n) is 0.189. The molecule has 0 rings (SSSR count). The number of rotatable bonds is 0. The first-order chi connectivity index (χ1) is 1.73. The Morgan fingerprint density at radius 3 is 1.17 bits per heavy atom. The Morgan fingerprint density at radius 2 is 1.17 bits per heavy atom. The minimum atomic E-state index is -3.65. The average molecular weight is 369 g/mol. The van der Waals surface area contributed by atoms with E-state index in [1.165, 1.54) is 0 Å². The van der Waals surface area contributed by atoms with Crippen LogP contribution in [0.3, 0.4) is 0 Å². The van der Waals surface area contributed by atoms with Gasteiger partial charge in [-0.15, -0.1) is 0 Å². The van der Waals surface area contributed by atoms with E-state index in [-0.39, 0.29) is 138 Å². The molecule has 6 heteroatoms. The predicted octanol–water partition coefficient (Wildman–Crippen LogP) is -8.49. The van der Waals surface area contributed by atoms with Gasteiger partial charge in [-0.1, -0.05) is 0 Å². The van der Waals surface area contributed by atoms with Crippen molar-refractivity contribution in [3.8, 4) is 0 Å². The van der Waals surface area contributed by atoms with Gasteiger partial charge in [0.25, 0.3) is 0 Å². The van der Waals surface area contributed by atoms with E-state index in [0.29, 0.717) is 0 Å². The molecule has 0 unspecified atom stereocenters. The van der Waals surface area contributed by atoms with Gasteiger partial charge in [-0.2, -0.15) is 0 Å². The molecule has 0 saturated heterocycles. The van der Waals surface area contributed by atoms with E-state index in [2.05, 4.69) is 0 Å². The van der Waals surface area contributed by atoms with E-state index < -0.39 is 14.5 Å². The molecular weight excluding hydrogens is 369 g/mol. The van der Waals surface area contributed by atoms with E-state index in [1.54, 1.807) is 0 Å². The third-order valence-electron chi connectivity index (χ3n) is 0. The van der Waals surface area contributed by atoms with Gasteiger partial charge in [-0.25, -0.2) is 0 Å². The molecule has 0 radical (unpaired) electrons. The normalized spacial score (nSPS) is 5.83. The monoisotopic (exact) mass is 369 g/mol. The summed E-state index contributed by atoms with van der Waals surface area (Å²) in [7, 11) is 0. The van der Waals surface area contributed by atoms with Crippen LogP contribution in [0.15, 0.2) is 0 Å². The van der Waals surface area contributed by atoms with Crippen LogP contribution in [0, 0.1) is 0 Å². The van der Waals surface area contributed by atoms with E-state index in [0.717, 1.165) is 0 Å². The van der Waals surface area contributed by atoms with Crippen LogP contribution >= 0.6 is 0 Å². The molecule has 0 bridgehead atoms. The fourth-order valence-electron chi connectivity index (χ4n) is 0. The molecule has 0 heterocycles. The fourth-order valence-corrected chi connectivity index (χ4v) is 0. The van der Waals surface area contributed by atoms with Crippen LogP contribution in [0.5, 0.6) is 0 Å². The summed E-state index contributed by atoms with van der Waals surface area (Å²) in [5.74, 6) is 0. The van der Waals surface area contributed by atoms with Gasteiger partial charge >= 0.3 is 164 Å². The van der Waals surface area contributed by atoms with Crippen LogP contribution in [-0.2, 0) is 18.3 Å². The quantitative estimate of drug-likeness (QED) is 0.399. The van der Waals surface area contributed by atoms with Gasteiger partial charge in [0.1, 0.15) is 0 Å². The van der Waals surface area contributed by atoms with Crippen molar-refractivity contribution in [2.75, 3.05) is 0 Å². The summed E-state index contributed by atoms with van der Waals surface area (Å²) in [6.07, 6.45) is 0. The van der Waals surface area contributed by atoms with Crippen molar-refractivity contribution >= 4 is 0 Å². The SMILES string of the molecule is [Cs+].[Cs+].[O]=[Mn]([O-])[O-]. The Bertz CT molecular complexity index is 31.8. The molecule has 0 aliphatic rings. The van der Waals surface area contributed by atoms with Crippen LogP contribution in [0.1, 0.15) is 0 Å². The van der Waals surface area contributed by atoms with E-state index in [1.807, 2.05) is 0 Å². The molecule has 0 aliphatic heterocycles. The number of hydrogen-bond acceptors (Lipinski definition) is 3. The van der Waals surface area contributed by atoms with Crippen molar-refractivity contribution in [3.63, 3.8) is 0 Å². The zero-order valence-corrected chi connectivity index (χ0v) is 17.3. The molecule has 0 amide bonds. The van der Waals surface area contributed by atoms with Gasteiger partial charge in [0.15, 0.2) is 0 Å². The molecule has 0 aliphatic carbocycles. The second kappa shape index (κ2) is 12.1. The summed E-state index contributed by atoms with van der Waals surface area (Å²) >= 11 is -3.65. The third kappa shape index (κ3) is 23.8. The van der Waals surface area contributed by atoms with E-state index in [9.17, 15) is 0 Å². The Kier molecular flexibility index (Phi) is 33.7. The average Bonchev–Trinajstić information content (AvgIpc) is 0.811. The third-order valence-corrected chi connectivity index (χ3v) is 0. The maximum absolute atomic E-state index is 8.52. The summed E-state index contributed by atoms with van der Waals surface area (Å²) in [4.78, 5) is 0. The van der Waals surface area contributed by atoms with Crippen LogP contribution in [0.4, 0.5) is 0 Å². The Morgan fingerprint density at radius 1 is 1.17 bits per heavy atom. The van der Waals surface area contributed by atoms with Gasteiger partial charge in [-0.3, -0.25) is 0 Å². The summed E-state index contributed by atoms with van der Waals surface area (Å²) < 4.78 is 25.6. The molecule has 3 nitrogen and oxygen atoms in total. The van der Waals surface area contributed by atoms with Gasteiger partial charge in [-0.05, 0) is 0 Å². The molecule has 27 valence electrons. The van der Waals surface area contributed by atoms with Gasteiger partial charge < -0.3 is 0 Å². The molecule has 0 N–H and O–H groups in total. The van der Waals surface area contributed by atoms with E-state index >= 15 is 0 Å². The first-order valence-corrected chi connectivity index (χ1v) is 1.91. The Labute approximate surface area is 158 Å². The topological polar surface area (TPSA) is 63.2 Å². The molecule has 6 heavy (non-hydrogen) atoms. The number of hydrogen-bond donors (Lipinski definition) is 0. The van der Waals surface area contributed by atoms with Crippen molar-refractivity contribution in [2.24, 2.45) is 0 Å². The fraction of sp³-hybridized carbons (Fsp3) is 0. The summed E-state index contributed by atoms with van der Waals surface area (Å²) in [5.41, 5.74) is 0. The molecule has 0 atom stereocenters. The zero-order chi connectivity index (χ0) is 3.58. The van der Waals surface area contributed by atoms with Crippen molar-refractivity contribution in [3.05, 3.63) is 0 Å². The standard InChI is InChI=1S/2Cs.Mn.3O/q2*+1;;;2*-1. The van der Waals surface area contributed by atoms with Crippen LogP contribution in [-0.4, -0.2) is 0 Å². The van der Waals surface area contributed by atoms with Crippen molar-refractivity contribution in [1.29, 1.82) is 0 Å². The summed E-state index contributed by atoms with van der Waals surface area (Å²) in [6, 6.07) is 0. The van der Waals surface area contributed by atoms with Crippen LogP contribution < -0.4 is 146 Å². The van der Waals surface area contributed by atoms with Gasteiger partial charge in [0, 0.05) is 0 Å². The summed E-state index contributed by atoms with van der Waals surface area (Å²) in [5, 5.41) is 0. The van der Waals surface area contributed by atoms with Crippen LogP contribution in [0.2, 0.25) is 0 Å². The maximum atomic E-state index is 8.52. The summed E-state index contributed by atoms with van der Waals surface area (Å²) in [6.45, 7) is 0. The van der Waals surface area contributed by atoms with Gasteiger partial charge in [0.05, 0.1) is 0 Å². The van der Waals surface area contributed by atoms with Gasteiger partial charge in [0.2, 0.25) is 0 Å². The molecular formula is Cs2MnO3. The van der Waals surface area contributed by atoms with Crippen molar-refractivity contribution < 1.29 is 164 Å². The molecule has 0 spiro atoms. The van der Waals surface area contributed by atoms with E-state index in [4.69, 9.17) is 12.2 Å². The van der Waals surface area contributed by atoms with Crippen LogP contribution in [0.25, 0.3) is 0 Å². The first-order valence-electron chi connectivity index (χ1n) is 0.463. The zero-order valence-electron chi connectivity index (χ0n) is 3.60. The molecule has 0 aromatic heterocycles.